The second kappa shape index (κ2) is 5.92. The number of allylic oxidation sites excluding steroid dienone is 2. The normalized spacial score (nSPS) is 18.9. The van der Waals surface area contributed by atoms with Gasteiger partial charge < -0.3 is 4.98 Å². The third-order valence-electron chi connectivity index (χ3n) is 4.12. The molecule has 3 heteroatoms. The standard InChI is InChI=1S/C17H27NSi.Ti/c1-12-13(2)16(15-11-9-8-10-14(12)15)19(6,7)18-17(3,4)5;/h8-11,16,18H,1-7H3;/q;+2. The number of benzene rings is 1. The molecule has 0 aromatic heterocycles. The summed E-state index contributed by atoms with van der Waals surface area (Å²) < 4.78 is 0. The molecule has 2 rings (SSSR count). The van der Waals surface area contributed by atoms with Crippen molar-refractivity contribution in [1.29, 1.82) is 0 Å². The summed E-state index contributed by atoms with van der Waals surface area (Å²) in [4.78, 5) is 3.93. The van der Waals surface area contributed by atoms with Gasteiger partial charge in [-0.3, -0.25) is 0 Å². The maximum absolute atomic E-state index is 3.93. The number of fused-ring (bicyclic) bond motifs is 1. The summed E-state index contributed by atoms with van der Waals surface area (Å²) in [5.74, 6) is 0. The Labute approximate surface area is 140 Å². The van der Waals surface area contributed by atoms with Crippen LogP contribution in [0.5, 0.6) is 0 Å². The first-order valence-electron chi connectivity index (χ1n) is 7.19. The van der Waals surface area contributed by atoms with Crippen LogP contribution < -0.4 is 4.98 Å². The number of hydrogen-bond acceptors (Lipinski definition) is 1. The maximum Gasteiger partial charge on any atom is 2.00 e. The van der Waals surface area contributed by atoms with Gasteiger partial charge in [-0.15, -0.1) is 0 Å². The van der Waals surface area contributed by atoms with Crippen molar-refractivity contribution in [3.63, 3.8) is 0 Å². The molecule has 1 aromatic rings. The van der Waals surface area contributed by atoms with Crippen molar-refractivity contribution in [2.45, 2.75) is 58.8 Å². The van der Waals surface area contributed by atoms with E-state index in [1.54, 1.807) is 5.57 Å². The first-order valence-corrected chi connectivity index (χ1v) is 10.3. The van der Waals surface area contributed by atoms with Gasteiger partial charge in [-0.25, -0.2) is 0 Å². The average molecular weight is 321 g/mol. The molecule has 0 aliphatic heterocycles. The Balaban J connectivity index is 0.00000200. The van der Waals surface area contributed by atoms with E-state index in [4.69, 9.17) is 0 Å². The summed E-state index contributed by atoms with van der Waals surface area (Å²) in [5, 5.41) is 0. The Kier molecular flexibility index (Phi) is 5.30. The molecule has 0 saturated carbocycles. The van der Waals surface area contributed by atoms with Gasteiger partial charge in [0.05, 0.1) is 0 Å². The van der Waals surface area contributed by atoms with E-state index in [0.29, 0.717) is 5.54 Å². The quantitative estimate of drug-likeness (QED) is 0.778. The summed E-state index contributed by atoms with van der Waals surface area (Å²) >= 11 is 0. The van der Waals surface area contributed by atoms with E-state index in [-0.39, 0.29) is 27.3 Å². The van der Waals surface area contributed by atoms with Gasteiger partial charge in [-0.2, -0.15) is 0 Å². The van der Waals surface area contributed by atoms with Gasteiger partial charge in [0.15, 0.2) is 0 Å². The fourth-order valence-electron chi connectivity index (χ4n) is 3.72. The van der Waals surface area contributed by atoms with Gasteiger partial charge in [0.25, 0.3) is 0 Å². The van der Waals surface area contributed by atoms with Crippen molar-refractivity contribution in [3.05, 3.63) is 41.0 Å². The monoisotopic (exact) mass is 321 g/mol. The third-order valence-corrected chi connectivity index (χ3v) is 7.70. The van der Waals surface area contributed by atoms with Crippen LogP contribution in [0, 0.1) is 0 Å². The Bertz CT molecular complexity index is 526. The number of nitrogens with one attached hydrogen (secondary N) is 1. The van der Waals surface area contributed by atoms with Crippen LogP contribution >= 0.6 is 0 Å². The molecule has 0 fully saturated rings. The summed E-state index contributed by atoms with van der Waals surface area (Å²) in [6.45, 7) is 16.3. The fourth-order valence-corrected chi connectivity index (χ4v) is 8.13. The van der Waals surface area contributed by atoms with Gasteiger partial charge >= 0.3 is 21.7 Å². The summed E-state index contributed by atoms with van der Waals surface area (Å²) in [7, 11) is -1.57. The van der Waals surface area contributed by atoms with Crippen LogP contribution in [0.25, 0.3) is 5.57 Å². The molecule has 0 radical (unpaired) electrons. The molecule has 0 bridgehead atoms. The Morgan fingerprint density at radius 1 is 1.05 bits per heavy atom. The van der Waals surface area contributed by atoms with Crippen LogP contribution in [0.4, 0.5) is 0 Å². The number of hydrogen-bond donors (Lipinski definition) is 1. The van der Waals surface area contributed by atoms with E-state index in [1.165, 1.54) is 16.7 Å². The smallest absolute Gasteiger partial charge is 0.332 e. The number of rotatable bonds is 2. The zero-order valence-electron chi connectivity index (χ0n) is 13.9. The SMILES string of the molecule is CC1=C(C)C([Si](C)(C)NC(C)(C)C)c2ccccc21.[Ti+2]. The van der Waals surface area contributed by atoms with Gasteiger partial charge in [-0.1, -0.05) is 42.9 Å². The van der Waals surface area contributed by atoms with E-state index in [9.17, 15) is 0 Å². The summed E-state index contributed by atoms with van der Waals surface area (Å²) in [5.41, 5.74) is 6.82. The van der Waals surface area contributed by atoms with Gasteiger partial charge in [0.2, 0.25) is 0 Å². The molecule has 1 nitrogen and oxygen atoms in total. The predicted octanol–water partition coefficient (Wildman–Crippen LogP) is 4.71. The van der Waals surface area contributed by atoms with Crippen LogP contribution in [-0.2, 0) is 21.7 Å². The van der Waals surface area contributed by atoms with E-state index in [2.05, 4.69) is 77.0 Å². The van der Waals surface area contributed by atoms with Crippen LogP contribution in [0.1, 0.15) is 51.3 Å². The van der Waals surface area contributed by atoms with E-state index in [0.717, 1.165) is 0 Å². The Morgan fingerprint density at radius 2 is 1.60 bits per heavy atom. The molecule has 0 spiro atoms. The Hall–Kier alpha value is -0.149. The van der Waals surface area contributed by atoms with Crippen LogP contribution in [0.15, 0.2) is 29.8 Å². The minimum Gasteiger partial charge on any atom is -0.332 e. The molecule has 0 saturated heterocycles. The first kappa shape index (κ1) is 17.9. The summed E-state index contributed by atoms with van der Waals surface area (Å²) in [6, 6.07) is 8.93. The molecule has 0 heterocycles. The Morgan fingerprint density at radius 3 is 2.15 bits per heavy atom. The van der Waals surface area contributed by atoms with E-state index < -0.39 is 8.24 Å². The van der Waals surface area contributed by atoms with Crippen molar-refractivity contribution in [2.24, 2.45) is 0 Å². The molecular weight excluding hydrogens is 294 g/mol. The van der Waals surface area contributed by atoms with Crippen LogP contribution in [-0.4, -0.2) is 13.8 Å². The zero-order chi connectivity index (χ0) is 14.4. The van der Waals surface area contributed by atoms with Crippen LogP contribution in [0.2, 0.25) is 13.1 Å². The van der Waals surface area contributed by atoms with E-state index >= 15 is 0 Å². The summed E-state index contributed by atoms with van der Waals surface area (Å²) in [6.07, 6.45) is 0. The van der Waals surface area contributed by atoms with Crippen LogP contribution in [0.3, 0.4) is 0 Å². The van der Waals surface area contributed by atoms with E-state index in [1.807, 2.05) is 0 Å². The van der Waals surface area contributed by atoms with Crippen molar-refractivity contribution >= 4 is 13.8 Å². The molecule has 106 valence electrons. The zero-order valence-corrected chi connectivity index (χ0v) is 16.4. The molecule has 1 atom stereocenters. The molecule has 1 unspecified atom stereocenters. The van der Waals surface area contributed by atoms with Crippen molar-refractivity contribution in [3.8, 4) is 0 Å². The fraction of sp³-hybridized carbons (Fsp3) is 0.529. The third kappa shape index (κ3) is 3.36. The molecule has 1 N–H and O–H groups in total. The maximum atomic E-state index is 3.93. The van der Waals surface area contributed by atoms with Gasteiger partial charge in [0, 0.05) is 11.1 Å². The topological polar surface area (TPSA) is 12.0 Å². The molecule has 20 heavy (non-hydrogen) atoms. The molecule has 1 aliphatic rings. The molecular formula is C17H27NSiTi+2. The average Bonchev–Trinajstić information content (AvgIpc) is 2.49. The minimum absolute atomic E-state index is 0. The van der Waals surface area contributed by atoms with Gasteiger partial charge in [0.1, 0.15) is 8.24 Å². The van der Waals surface area contributed by atoms with Crippen molar-refractivity contribution in [1.82, 2.24) is 4.98 Å². The minimum atomic E-state index is -1.57. The molecule has 1 aromatic carbocycles. The second-order valence-electron chi connectivity index (χ2n) is 7.42. The second-order valence-corrected chi connectivity index (χ2v) is 11.7. The van der Waals surface area contributed by atoms with Gasteiger partial charge in [-0.05, 0) is 51.3 Å². The first-order chi connectivity index (χ1) is 8.63. The largest absolute Gasteiger partial charge is 2.00 e. The molecule has 0 amide bonds. The van der Waals surface area contributed by atoms with Crippen molar-refractivity contribution < 1.29 is 21.7 Å². The predicted molar refractivity (Wildman–Crippen MR) is 87.8 cm³/mol. The van der Waals surface area contributed by atoms with Crippen molar-refractivity contribution in [2.75, 3.05) is 0 Å². The molecule has 1 aliphatic carbocycles.